The van der Waals surface area contributed by atoms with Crippen LogP contribution in [0.5, 0.6) is 11.5 Å². The summed E-state index contributed by atoms with van der Waals surface area (Å²) in [6.07, 6.45) is 0. The highest BCUT2D eigenvalue weighted by Crippen LogP contribution is 2.50. The van der Waals surface area contributed by atoms with Gasteiger partial charge >= 0.3 is 6.03 Å². The molecule has 2 amide bonds. The fourth-order valence-electron chi connectivity index (χ4n) is 5.92. The van der Waals surface area contributed by atoms with Crippen LogP contribution in [0.4, 0.5) is 14.9 Å². The van der Waals surface area contributed by atoms with Crippen LogP contribution < -0.4 is 14.8 Å². The Hall–Kier alpha value is -4.13. The number of carbonyl (C=O) groups is 1. The van der Waals surface area contributed by atoms with Crippen molar-refractivity contribution in [2.24, 2.45) is 0 Å². The fourth-order valence-corrected chi connectivity index (χ4v) is 7.56. The Balaban J connectivity index is 1.40. The molecule has 0 unspecified atom stereocenters. The molecule has 214 valence electrons. The Morgan fingerprint density at radius 2 is 1.76 bits per heavy atom. The van der Waals surface area contributed by atoms with E-state index in [9.17, 15) is 22.7 Å². The van der Waals surface area contributed by atoms with Crippen LogP contribution in [0, 0.1) is 5.82 Å². The molecule has 3 aromatic carbocycles. The largest absolute Gasteiger partial charge is 0.497 e. The van der Waals surface area contributed by atoms with Gasteiger partial charge in [-0.2, -0.15) is 4.31 Å². The smallest absolute Gasteiger partial charge is 0.322 e. The number of nitrogens with one attached hydrogen (secondary N) is 2. The lowest BCUT2D eigenvalue weighted by Crippen LogP contribution is -2.68. The standard InChI is InChI=1S/C29H29FN4O6S/c1-39-20-4-3-5-22(12-20)41(37,38)33-15-29(16-33)17-34(28(36)31-19-8-6-18(30)7-9-19)25(14-35)27-26(29)23-11-10-21(40-2)13-24(23)32-27/h3-13,25,32,35H,14-17H2,1-2H3,(H,31,36)/t25-/m1/s1. The van der Waals surface area contributed by atoms with Gasteiger partial charge in [0.05, 0.1) is 31.8 Å². The van der Waals surface area contributed by atoms with Gasteiger partial charge < -0.3 is 29.8 Å². The van der Waals surface area contributed by atoms with E-state index < -0.39 is 33.3 Å². The normalized spacial score (nSPS) is 18.1. The van der Waals surface area contributed by atoms with Crippen molar-refractivity contribution in [2.45, 2.75) is 16.4 Å². The van der Waals surface area contributed by atoms with E-state index in [1.54, 1.807) is 19.2 Å². The van der Waals surface area contributed by atoms with Gasteiger partial charge in [0.2, 0.25) is 10.0 Å². The Morgan fingerprint density at radius 3 is 2.44 bits per heavy atom. The van der Waals surface area contributed by atoms with Gasteiger partial charge in [-0.05, 0) is 54.1 Å². The van der Waals surface area contributed by atoms with E-state index in [0.29, 0.717) is 22.9 Å². The lowest BCUT2D eigenvalue weighted by Gasteiger charge is -2.55. The maximum atomic E-state index is 13.6. The molecule has 3 N–H and O–H groups in total. The number of aliphatic hydroxyl groups excluding tert-OH is 1. The van der Waals surface area contributed by atoms with Crippen LogP contribution in [0.25, 0.3) is 10.9 Å². The van der Waals surface area contributed by atoms with Gasteiger partial charge in [-0.1, -0.05) is 6.07 Å². The second kappa shape index (κ2) is 10.1. The van der Waals surface area contributed by atoms with E-state index in [2.05, 4.69) is 10.3 Å². The van der Waals surface area contributed by atoms with E-state index in [1.807, 2.05) is 18.2 Å². The van der Waals surface area contributed by atoms with Gasteiger partial charge in [0, 0.05) is 59.5 Å². The molecule has 2 aliphatic heterocycles. The average molecular weight is 581 g/mol. The molecule has 10 nitrogen and oxygen atoms in total. The third-order valence-corrected chi connectivity index (χ3v) is 9.70. The topological polar surface area (TPSA) is 124 Å². The molecule has 3 heterocycles. The number of hydrogen-bond donors (Lipinski definition) is 3. The highest BCUT2D eigenvalue weighted by Gasteiger charge is 2.56. The third kappa shape index (κ3) is 4.48. The summed E-state index contributed by atoms with van der Waals surface area (Å²) < 4.78 is 52.6. The quantitative estimate of drug-likeness (QED) is 0.318. The Bertz CT molecular complexity index is 1730. The number of urea groups is 1. The zero-order valence-electron chi connectivity index (χ0n) is 22.4. The molecule has 4 aromatic rings. The number of halogens is 1. The number of aromatic nitrogens is 1. The van der Waals surface area contributed by atoms with Gasteiger partial charge in [0.25, 0.3) is 0 Å². The summed E-state index contributed by atoms with van der Waals surface area (Å²) in [7, 11) is -0.808. The van der Waals surface area contributed by atoms with Crippen molar-refractivity contribution in [3.63, 3.8) is 0 Å². The molecule has 12 heteroatoms. The lowest BCUT2D eigenvalue weighted by molar-refractivity contribution is 0.0550. The minimum atomic E-state index is -3.85. The van der Waals surface area contributed by atoms with Gasteiger partial charge in [0.15, 0.2) is 0 Å². The summed E-state index contributed by atoms with van der Waals surface area (Å²) in [5.74, 6) is 0.631. The molecule has 1 saturated heterocycles. The number of methoxy groups -OCH3 is 2. The number of aliphatic hydroxyl groups is 1. The fraction of sp³-hybridized carbons (Fsp3) is 0.276. The van der Waals surface area contributed by atoms with Crippen molar-refractivity contribution in [2.75, 3.05) is 45.8 Å². The minimum absolute atomic E-state index is 0.116. The zero-order chi connectivity index (χ0) is 28.9. The predicted molar refractivity (Wildman–Crippen MR) is 150 cm³/mol. The van der Waals surface area contributed by atoms with Gasteiger partial charge in [-0.3, -0.25) is 0 Å². The van der Waals surface area contributed by atoms with E-state index in [0.717, 1.165) is 16.5 Å². The van der Waals surface area contributed by atoms with Crippen LogP contribution >= 0.6 is 0 Å². The SMILES string of the molecule is COc1cccc(S(=O)(=O)N2CC3(CN(C(=O)Nc4ccc(F)cc4)[C@H](CO)c4[nH]c5cc(OC)ccc5c43)C2)c1. The average Bonchev–Trinajstić information content (AvgIpc) is 3.35. The van der Waals surface area contributed by atoms with Crippen molar-refractivity contribution >= 4 is 32.6 Å². The minimum Gasteiger partial charge on any atom is -0.497 e. The van der Waals surface area contributed by atoms with E-state index in [-0.39, 0.29) is 31.1 Å². The van der Waals surface area contributed by atoms with Gasteiger partial charge in [-0.15, -0.1) is 0 Å². The molecule has 1 atom stereocenters. The first-order valence-electron chi connectivity index (χ1n) is 13.0. The summed E-state index contributed by atoms with van der Waals surface area (Å²) in [5, 5.41) is 14.1. The van der Waals surface area contributed by atoms with E-state index in [1.165, 1.54) is 52.7 Å². The third-order valence-electron chi connectivity index (χ3n) is 7.91. The predicted octanol–water partition coefficient (Wildman–Crippen LogP) is 3.85. The monoisotopic (exact) mass is 580 g/mol. The number of anilines is 1. The Morgan fingerprint density at radius 1 is 1.05 bits per heavy atom. The van der Waals surface area contributed by atoms with Crippen LogP contribution in [-0.2, 0) is 15.4 Å². The highest BCUT2D eigenvalue weighted by atomic mass is 32.2. The molecule has 0 bridgehead atoms. The Kier molecular flexibility index (Phi) is 6.63. The number of benzene rings is 3. The summed E-state index contributed by atoms with van der Waals surface area (Å²) in [6.45, 7) is 0.0328. The molecule has 41 heavy (non-hydrogen) atoms. The number of rotatable bonds is 6. The Labute approximate surface area is 236 Å². The van der Waals surface area contributed by atoms with Crippen LogP contribution in [0.1, 0.15) is 17.3 Å². The van der Waals surface area contributed by atoms with E-state index in [4.69, 9.17) is 9.47 Å². The number of H-pyrrole nitrogens is 1. The summed E-state index contributed by atoms with van der Waals surface area (Å²) in [5.41, 5.74) is 1.90. The van der Waals surface area contributed by atoms with Crippen molar-refractivity contribution < 1.29 is 32.2 Å². The second-order valence-electron chi connectivity index (χ2n) is 10.3. The molecular weight excluding hydrogens is 551 g/mol. The number of hydrogen-bond acceptors (Lipinski definition) is 6. The van der Waals surface area contributed by atoms with Crippen LogP contribution in [0.15, 0.2) is 71.6 Å². The molecule has 1 aromatic heterocycles. The number of carbonyl (C=O) groups excluding carboxylic acids is 1. The van der Waals surface area contributed by atoms with E-state index >= 15 is 0 Å². The van der Waals surface area contributed by atoms with Crippen molar-refractivity contribution in [3.8, 4) is 11.5 Å². The molecule has 0 aliphatic carbocycles. The van der Waals surface area contributed by atoms with Crippen molar-refractivity contribution in [3.05, 3.63) is 83.8 Å². The summed E-state index contributed by atoms with van der Waals surface area (Å²) in [4.78, 5) is 18.6. The zero-order valence-corrected chi connectivity index (χ0v) is 23.2. The molecule has 6 rings (SSSR count). The number of amides is 2. The molecule has 1 fully saturated rings. The van der Waals surface area contributed by atoms with Crippen molar-refractivity contribution in [1.82, 2.24) is 14.2 Å². The number of ether oxygens (including phenoxy) is 2. The summed E-state index contributed by atoms with van der Waals surface area (Å²) >= 11 is 0. The maximum absolute atomic E-state index is 13.6. The maximum Gasteiger partial charge on any atom is 0.322 e. The molecule has 1 spiro atoms. The number of nitrogens with zero attached hydrogens (tertiary/aromatic N) is 2. The first-order chi connectivity index (χ1) is 19.7. The number of fused-ring (bicyclic) bond motifs is 4. The lowest BCUT2D eigenvalue weighted by atomic mass is 9.70. The molecule has 0 saturated carbocycles. The molecule has 0 radical (unpaired) electrons. The van der Waals surface area contributed by atoms with Crippen LogP contribution in [-0.4, -0.2) is 74.2 Å². The molecule has 2 aliphatic rings. The molecular formula is C29H29FN4O6S. The highest BCUT2D eigenvalue weighted by molar-refractivity contribution is 7.89. The van der Waals surface area contributed by atoms with Crippen LogP contribution in [0.3, 0.4) is 0 Å². The van der Waals surface area contributed by atoms with Crippen LogP contribution in [0.2, 0.25) is 0 Å². The first kappa shape index (κ1) is 27.1. The first-order valence-corrected chi connectivity index (χ1v) is 14.4. The number of aromatic amines is 1. The number of sulfonamides is 1. The van der Waals surface area contributed by atoms with Crippen molar-refractivity contribution in [1.29, 1.82) is 0 Å². The second-order valence-corrected chi connectivity index (χ2v) is 12.3. The van der Waals surface area contributed by atoms with Gasteiger partial charge in [-0.25, -0.2) is 17.6 Å². The summed E-state index contributed by atoms with van der Waals surface area (Å²) in [6, 6.07) is 16.1. The van der Waals surface area contributed by atoms with Gasteiger partial charge in [0.1, 0.15) is 17.3 Å².